The molecule has 0 atom stereocenters. The van der Waals surface area contributed by atoms with Gasteiger partial charge in [-0.2, -0.15) is 13.2 Å². The highest BCUT2D eigenvalue weighted by molar-refractivity contribution is 9.10. The van der Waals surface area contributed by atoms with E-state index >= 15 is 0 Å². The molecule has 0 radical (unpaired) electrons. The molecule has 0 bridgehead atoms. The molecule has 1 rings (SSSR count). The molecule has 90 valence electrons. The molecule has 1 aromatic rings. The molecule has 7 heteroatoms. The normalized spacial score (nSPS) is 11.6. The minimum Gasteiger partial charge on any atom is -0.476 e. The molecule has 0 saturated heterocycles. The van der Waals surface area contributed by atoms with Crippen molar-refractivity contribution in [3.63, 3.8) is 0 Å². The summed E-state index contributed by atoms with van der Waals surface area (Å²) in [7, 11) is 0. The van der Waals surface area contributed by atoms with Crippen molar-refractivity contribution in [3.8, 4) is 5.88 Å². The van der Waals surface area contributed by atoms with E-state index in [2.05, 4.69) is 20.9 Å². The van der Waals surface area contributed by atoms with Gasteiger partial charge in [-0.3, -0.25) is 0 Å². The number of halogens is 5. The van der Waals surface area contributed by atoms with Gasteiger partial charge in [0, 0.05) is 17.1 Å². The molecule has 2 nitrogen and oxygen atoms in total. The molecule has 1 aromatic heterocycles. The lowest BCUT2D eigenvalue weighted by atomic mass is 10.3. The van der Waals surface area contributed by atoms with Crippen LogP contribution in [0.3, 0.4) is 0 Å². The summed E-state index contributed by atoms with van der Waals surface area (Å²) in [6.45, 7) is -0.217. The minimum absolute atomic E-state index is 0.217. The Morgan fingerprint density at radius 1 is 1.38 bits per heavy atom. The van der Waals surface area contributed by atoms with Crippen LogP contribution in [0.1, 0.15) is 12.8 Å². The van der Waals surface area contributed by atoms with E-state index in [4.69, 9.17) is 4.74 Å². The summed E-state index contributed by atoms with van der Waals surface area (Å²) in [5.41, 5.74) is 0. The molecular weight excluding hydrogens is 294 g/mol. The molecule has 0 fully saturated rings. The van der Waals surface area contributed by atoms with E-state index in [0.29, 0.717) is 4.47 Å². The third kappa shape index (κ3) is 4.78. The zero-order chi connectivity index (χ0) is 12.2. The second-order valence-electron chi connectivity index (χ2n) is 3.01. The molecule has 1 heterocycles. The first-order valence-electron chi connectivity index (χ1n) is 4.39. The van der Waals surface area contributed by atoms with E-state index in [1.165, 1.54) is 6.20 Å². The summed E-state index contributed by atoms with van der Waals surface area (Å²) >= 11 is 3.00. The predicted molar refractivity (Wildman–Crippen MR) is 52.7 cm³/mol. The van der Waals surface area contributed by atoms with Crippen LogP contribution in [0.25, 0.3) is 0 Å². The van der Waals surface area contributed by atoms with Gasteiger partial charge in [0.25, 0.3) is 0 Å². The second kappa shape index (κ2) is 5.47. The van der Waals surface area contributed by atoms with Gasteiger partial charge in [0.2, 0.25) is 5.88 Å². The van der Waals surface area contributed by atoms with Crippen LogP contribution in [-0.2, 0) is 0 Å². The molecule has 0 saturated carbocycles. The summed E-state index contributed by atoms with van der Waals surface area (Å²) < 4.78 is 53.6. The monoisotopic (exact) mass is 301 g/mol. The molecule has 0 N–H and O–H groups in total. The zero-order valence-corrected chi connectivity index (χ0v) is 9.61. The van der Waals surface area contributed by atoms with Crippen molar-refractivity contribution in [1.29, 1.82) is 0 Å². The van der Waals surface area contributed by atoms with Gasteiger partial charge in [0.15, 0.2) is 5.82 Å². The van der Waals surface area contributed by atoms with Gasteiger partial charge in [0.05, 0.1) is 6.61 Å². The van der Waals surface area contributed by atoms with Gasteiger partial charge in [0.1, 0.15) is 0 Å². The number of nitrogens with zero attached hydrogens (tertiary/aromatic N) is 1. The van der Waals surface area contributed by atoms with Crippen LogP contribution in [0.4, 0.5) is 17.6 Å². The van der Waals surface area contributed by atoms with Crippen LogP contribution < -0.4 is 4.74 Å². The average molecular weight is 302 g/mol. The molecule has 0 aliphatic heterocycles. The van der Waals surface area contributed by atoms with Gasteiger partial charge < -0.3 is 4.74 Å². The van der Waals surface area contributed by atoms with Crippen molar-refractivity contribution in [2.24, 2.45) is 0 Å². The predicted octanol–water partition coefficient (Wildman–Crippen LogP) is 3.70. The molecule has 16 heavy (non-hydrogen) atoms. The van der Waals surface area contributed by atoms with E-state index in [-0.39, 0.29) is 18.9 Å². The fourth-order valence-corrected chi connectivity index (χ4v) is 1.25. The molecule has 0 spiro atoms. The van der Waals surface area contributed by atoms with Crippen molar-refractivity contribution in [2.75, 3.05) is 6.61 Å². The van der Waals surface area contributed by atoms with Crippen molar-refractivity contribution >= 4 is 15.9 Å². The van der Waals surface area contributed by atoms with Gasteiger partial charge in [-0.25, -0.2) is 9.37 Å². The number of pyridine rings is 1. The highest BCUT2D eigenvalue weighted by atomic mass is 79.9. The van der Waals surface area contributed by atoms with Crippen molar-refractivity contribution in [3.05, 3.63) is 22.6 Å². The first-order valence-corrected chi connectivity index (χ1v) is 5.18. The fraction of sp³-hybridized carbons (Fsp3) is 0.444. The number of rotatable bonds is 4. The Kier molecular flexibility index (Phi) is 4.52. The van der Waals surface area contributed by atoms with Crippen LogP contribution >= 0.6 is 15.9 Å². The van der Waals surface area contributed by atoms with E-state index in [9.17, 15) is 17.6 Å². The number of hydrogen-bond donors (Lipinski definition) is 0. The maximum atomic E-state index is 13.1. The van der Waals surface area contributed by atoms with Gasteiger partial charge in [-0.05, 0) is 28.4 Å². The largest absolute Gasteiger partial charge is 0.476 e. The van der Waals surface area contributed by atoms with Crippen molar-refractivity contribution in [1.82, 2.24) is 4.98 Å². The lowest BCUT2D eigenvalue weighted by molar-refractivity contribution is -0.136. The number of ether oxygens (including phenoxy) is 1. The number of aromatic nitrogens is 1. The number of hydrogen-bond acceptors (Lipinski definition) is 2. The van der Waals surface area contributed by atoms with E-state index in [1.54, 1.807) is 0 Å². The maximum absolute atomic E-state index is 13.1. The lowest BCUT2D eigenvalue weighted by Gasteiger charge is -2.07. The molecule has 0 aromatic carbocycles. The van der Waals surface area contributed by atoms with Gasteiger partial charge in [-0.1, -0.05) is 0 Å². The van der Waals surface area contributed by atoms with E-state index < -0.39 is 18.4 Å². The Labute approximate surface area is 97.8 Å². The summed E-state index contributed by atoms with van der Waals surface area (Å²) in [6.07, 6.45) is -4.08. The van der Waals surface area contributed by atoms with Crippen LogP contribution in [0.5, 0.6) is 5.88 Å². The van der Waals surface area contributed by atoms with Crippen LogP contribution in [0.15, 0.2) is 16.7 Å². The second-order valence-corrected chi connectivity index (χ2v) is 3.92. The van der Waals surface area contributed by atoms with Crippen LogP contribution in [-0.4, -0.2) is 17.8 Å². The molecular formula is C9H8BrF4NO. The fourth-order valence-electron chi connectivity index (χ4n) is 0.950. The first kappa shape index (κ1) is 13.2. The van der Waals surface area contributed by atoms with E-state index in [0.717, 1.165) is 6.07 Å². The highest BCUT2D eigenvalue weighted by Gasteiger charge is 2.26. The molecule has 0 amide bonds. The van der Waals surface area contributed by atoms with Crippen LogP contribution in [0, 0.1) is 5.82 Å². The molecule has 0 aliphatic rings. The third-order valence-electron chi connectivity index (χ3n) is 1.62. The lowest BCUT2D eigenvalue weighted by Crippen LogP contribution is -2.10. The first-order chi connectivity index (χ1) is 7.38. The summed E-state index contributed by atoms with van der Waals surface area (Å²) in [5.74, 6) is -0.994. The highest BCUT2D eigenvalue weighted by Crippen LogP contribution is 2.22. The standard InChI is InChI=1S/C9H8BrF4NO/c10-6-4-7(11)8(15-5-6)16-3-1-2-9(12,13)14/h4-5H,1-3H2. The smallest absolute Gasteiger partial charge is 0.389 e. The van der Waals surface area contributed by atoms with E-state index in [1.807, 2.05) is 0 Å². The van der Waals surface area contributed by atoms with Gasteiger partial charge >= 0.3 is 6.18 Å². The summed E-state index contributed by atoms with van der Waals surface area (Å²) in [6, 6.07) is 1.13. The van der Waals surface area contributed by atoms with Crippen LogP contribution in [0.2, 0.25) is 0 Å². The summed E-state index contributed by atoms with van der Waals surface area (Å²) in [5, 5.41) is 0. The Morgan fingerprint density at radius 2 is 2.06 bits per heavy atom. The zero-order valence-electron chi connectivity index (χ0n) is 8.02. The SMILES string of the molecule is Fc1cc(Br)cnc1OCCCC(F)(F)F. The third-order valence-corrected chi connectivity index (χ3v) is 2.05. The van der Waals surface area contributed by atoms with Crippen molar-refractivity contribution < 1.29 is 22.3 Å². The quantitative estimate of drug-likeness (QED) is 0.625. The average Bonchev–Trinajstić information content (AvgIpc) is 2.13. The molecule has 0 unspecified atom stereocenters. The molecule has 0 aliphatic carbocycles. The Bertz CT molecular complexity index is 356. The minimum atomic E-state index is -4.21. The van der Waals surface area contributed by atoms with Gasteiger partial charge in [-0.15, -0.1) is 0 Å². The Hall–Kier alpha value is -0.850. The topological polar surface area (TPSA) is 22.1 Å². The summed E-state index contributed by atoms with van der Waals surface area (Å²) in [4.78, 5) is 3.59. The Balaban J connectivity index is 2.38. The Morgan fingerprint density at radius 3 is 2.62 bits per heavy atom. The van der Waals surface area contributed by atoms with Crippen molar-refractivity contribution in [2.45, 2.75) is 19.0 Å². The maximum Gasteiger partial charge on any atom is 0.389 e. The number of alkyl halides is 3.